The maximum absolute atomic E-state index is 5.91. The van der Waals surface area contributed by atoms with Gasteiger partial charge in [0, 0.05) is 25.3 Å². The highest BCUT2D eigenvalue weighted by molar-refractivity contribution is 5.02. The van der Waals surface area contributed by atoms with Crippen LogP contribution in [-0.4, -0.2) is 44.3 Å². The molecule has 1 N–H and O–H groups in total. The Morgan fingerprint density at radius 1 is 1.16 bits per heavy atom. The van der Waals surface area contributed by atoms with E-state index in [0.717, 1.165) is 45.1 Å². The smallest absolute Gasteiger partial charge is 0.157 e. The molecule has 0 unspecified atom stereocenters. The predicted octanol–water partition coefficient (Wildman–Crippen LogP) is 2.08. The molecular formula is C15H27NO3. The van der Waals surface area contributed by atoms with E-state index in [2.05, 4.69) is 12.2 Å². The monoisotopic (exact) mass is 269 g/mol. The highest BCUT2D eigenvalue weighted by Crippen LogP contribution is 2.43. The quantitative estimate of drug-likeness (QED) is 0.749. The van der Waals surface area contributed by atoms with E-state index in [4.69, 9.17) is 14.2 Å². The van der Waals surface area contributed by atoms with Crippen LogP contribution in [0.1, 0.15) is 45.4 Å². The van der Waals surface area contributed by atoms with Crippen LogP contribution < -0.4 is 5.32 Å². The molecule has 1 saturated carbocycles. The Kier molecular flexibility index (Phi) is 4.42. The average molecular weight is 269 g/mol. The summed E-state index contributed by atoms with van der Waals surface area (Å²) in [6, 6.07) is 0. The summed E-state index contributed by atoms with van der Waals surface area (Å²) >= 11 is 0. The Balaban J connectivity index is 1.36. The molecule has 110 valence electrons. The van der Waals surface area contributed by atoms with Gasteiger partial charge >= 0.3 is 0 Å². The maximum Gasteiger partial charge on any atom is 0.157 e. The maximum atomic E-state index is 5.91. The summed E-state index contributed by atoms with van der Waals surface area (Å²) in [5.41, 5.74) is 0.151. The highest BCUT2D eigenvalue weighted by atomic mass is 16.7. The molecule has 3 atom stereocenters. The molecule has 2 heterocycles. The summed E-state index contributed by atoms with van der Waals surface area (Å²) in [7, 11) is 0. The molecule has 19 heavy (non-hydrogen) atoms. The summed E-state index contributed by atoms with van der Waals surface area (Å²) in [5.74, 6) is 0.794. The second kappa shape index (κ2) is 6.08. The lowest BCUT2D eigenvalue weighted by molar-refractivity contribution is -0.161. The molecule has 1 aliphatic carbocycles. The molecule has 0 radical (unpaired) electrons. The van der Waals surface area contributed by atoms with Crippen molar-refractivity contribution in [3.8, 4) is 0 Å². The van der Waals surface area contributed by atoms with Gasteiger partial charge in [0.05, 0.1) is 12.7 Å². The molecule has 3 fully saturated rings. The van der Waals surface area contributed by atoms with Crippen LogP contribution in [0, 0.1) is 5.92 Å². The van der Waals surface area contributed by atoms with Crippen LogP contribution in [0.4, 0.5) is 0 Å². The Morgan fingerprint density at radius 3 is 2.79 bits per heavy atom. The topological polar surface area (TPSA) is 39.7 Å². The van der Waals surface area contributed by atoms with Crippen LogP contribution in [0.2, 0.25) is 0 Å². The zero-order valence-corrected chi connectivity index (χ0v) is 12.0. The van der Waals surface area contributed by atoms with Gasteiger partial charge in [0.25, 0.3) is 0 Å². The van der Waals surface area contributed by atoms with Gasteiger partial charge in [0.1, 0.15) is 0 Å². The summed E-state index contributed by atoms with van der Waals surface area (Å²) in [6.07, 6.45) is 7.70. The lowest BCUT2D eigenvalue weighted by Gasteiger charge is -2.32. The Morgan fingerprint density at radius 2 is 2.05 bits per heavy atom. The van der Waals surface area contributed by atoms with Crippen LogP contribution in [0.3, 0.4) is 0 Å². The minimum absolute atomic E-state index is 0.0300. The zero-order valence-electron chi connectivity index (χ0n) is 12.0. The SMILES string of the molecule is C[C@]1(NCCO[C@H]2CCCCO2)CCO[C@@H]1C1CC1. The molecule has 2 aliphatic heterocycles. The average Bonchev–Trinajstić information content (AvgIpc) is 3.20. The third-order valence-electron chi connectivity index (χ3n) is 4.67. The molecule has 0 amide bonds. The van der Waals surface area contributed by atoms with E-state index in [-0.39, 0.29) is 11.8 Å². The normalized spacial score (nSPS) is 39.6. The minimum atomic E-state index is 0.0300. The predicted molar refractivity (Wildman–Crippen MR) is 73.0 cm³/mol. The fraction of sp³-hybridized carbons (Fsp3) is 1.00. The van der Waals surface area contributed by atoms with E-state index in [1.807, 2.05) is 0 Å². The first kappa shape index (κ1) is 13.8. The van der Waals surface area contributed by atoms with Crippen molar-refractivity contribution < 1.29 is 14.2 Å². The molecule has 0 aromatic rings. The molecule has 0 spiro atoms. The largest absolute Gasteiger partial charge is 0.376 e. The van der Waals surface area contributed by atoms with Gasteiger partial charge < -0.3 is 19.5 Å². The molecule has 4 heteroatoms. The number of hydrogen-bond donors (Lipinski definition) is 1. The van der Waals surface area contributed by atoms with E-state index in [9.17, 15) is 0 Å². The Labute approximate surface area is 116 Å². The molecule has 3 aliphatic rings. The van der Waals surface area contributed by atoms with Crippen molar-refractivity contribution in [1.29, 1.82) is 0 Å². The van der Waals surface area contributed by atoms with E-state index in [1.165, 1.54) is 25.7 Å². The Hall–Kier alpha value is -0.160. The van der Waals surface area contributed by atoms with E-state index in [1.54, 1.807) is 0 Å². The van der Waals surface area contributed by atoms with Crippen molar-refractivity contribution in [2.24, 2.45) is 5.92 Å². The second-order valence-corrected chi connectivity index (χ2v) is 6.39. The summed E-state index contributed by atoms with van der Waals surface area (Å²) in [5, 5.41) is 3.66. The third-order valence-corrected chi connectivity index (χ3v) is 4.67. The standard InChI is InChI=1S/C15H27NO3/c1-15(7-10-19-14(15)12-5-6-12)16-8-11-18-13-4-2-3-9-17-13/h12-14,16H,2-11H2,1H3/t13-,14+,15-/m0/s1. The molecule has 2 saturated heterocycles. The van der Waals surface area contributed by atoms with Crippen LogP contribution in [0.15, 0.2) is 0 Å². The van der Waals surface area contributed by atoms with Crippen LogP contribution in [-0.2, 0) is 14.2 Å². The van der Waals surface area contributed by atoms with Gasteiger partial charge in [-0.15, -0.1) is 0 Å². The van der Waals surface area contributed by atoms with Crippen molar-refractivity contribution in [3.63, 3.8) is 0 Å². The fourth-order valence-electron chi connectivity index (χ4n) is 3.34. The number of hydrogen-bond acceptors (Lipinski definition) is 4. The van der Waals surface area contributed by atoms with Crippen LogP contribution >= 0.6 is 0 Å². The molecular weight excluding hydrogens is 242 g/mol. The van der Waals surface area contributed by atoms with Crippen LogP contribution in [0.25, 0.3) is 0 Å². The zero-order chi connectivity index (χ0) is 13.1. The van der Waals surface area contributed by atoms with Gasteiger partial charge in [-0.25, -0.2) is 0 Å². The third kappa shape index (κ3) is 3.48. The van der Waals surface area contributed by atoms with E-state index >= 15 is 0 Å². The molecule has 0 bridgehead atoms. The lowest BCUT2D eigenvalue weighted by Crippen LogP contribution is -2.51. The lowest BCUT2D eigenvalue weighted by atomic mass is 9.90. The van der Waals surface area contributed by atoms with Crippen molar-refractivity contribution >= 4 is 0 Å². The number of ether oxygens (including phenoxy) is 3. The fourth-order valence-corrected chi connectivity index (χ4v) is 3.34. The number of nitrogens with one attached hydrogen (secondary N) is 1. The molecule has 3 rings (SSSR count). The van der Waals surface area contributed by atoms with E-state index < -0.39 is 0 Å². The summed E-state index contributed by atoms with van der Waals surface area (Å²) in [6.45, 7) is 5.69. The van der Waals surface area contributed by atoms with Gasteiger partial charge in [-0.3, -0.25) is 0 Å². The molecule has 0 aromatic heterocycles. The first-order valence-electron chi connectivity index (χ1n) is 7.88. The van der Waals surface area contributed by atoms with Gasteiger partial charge in [-0.1, -0.05) is 0 Å². The van der Waals surface area contributed by atoms with Crippen molar-refractivity contribution in [2.75, 3.05) is 26.4 Å². The summed E-state index contributed by atoms with van der Waals surface area (Å²) in [4.78, 5) is 0. The van der Waals surface area contributed by atoms with Gasteiger partial charge in [0.15, 0.2) is 6.29 Å². The minimum Gasteiger partial charge on any atom is -0.376 e. The highest BCUT2D eigenvalue weighted by Gasteiger charge is 2.47. The van der Waals surface area contributed by atoms with Crippen LogP contribution in [0.5, 0.6) is 0 Å². The Bertz CT molecular complexity index is 289. The van der Waals surface area contributed by atoms with Gasteiger partial charge in [0.2, 0.25) is 0 Å². The summed E-state index contributed by atoms with van der Waals surface area (Å²) < 4.78 is 17.3. The number of rotatable bonds is 6. The van der Waals surface area contributed by atoms with E-state index in [0.29, 0.717) is 6.10 Å². The van der Waals surface area contributed by atoms with Crippen molar-refractivity contribution in [2.45, 2.75) is 63.4 Å². The van der Waals surface area contributed by atoms with Crippen molar-refractivity contribution in [3.05, 3.63) is 0 Å². The molecule has 0 aromatic carbocycles. The first-order valence-corrected chi connectivity index (χ1v) is 7.88. The van der Waals surface area contributed by atoms with Gasteiger partial charge in [-0.2, -0.15) is 0 Å². The molecule has 4 nitrogen and oxygen atoms in total. The second-order valence-electron chi connectivity index (χ2n) is 6.39. The first-order chi connectivity index (χ1) is 9.28. The van der Waals surface area contributed by atoms with Gasteiger partial charge in [-0.05, 0) is 51.4 Å². The van der Waals surface area contributed by atoms with Crippen molar-refractivity contribution in [1.82, 2.24) is 5.32 Å².